The number of fused-ring (bicyclic) bond motifs is 11. The zero-order valence-corrected chi connectivity index (χ0v) is 23.7. The van der Waals surface area contributed by atoms with Gasteiger partial charge in [0.2, 0.25) is 5.95 Å². The van der Waals surface area contributed by atoms with Crippen LogP contribution < -0.4 is 4.31 Å². The molecule has 0 atom stereocenters. The zero-order chi connectivity index (χ0) is 28.7. The molecule has 204 valence electrons. The molecule has 7 aromatic carbocycles. The molecule has 1 aliphatic heterocycles. The Bertz CT molecular complexity index is 2520. The Morgan fingerprint density at radius 1 is 0.512 bits per heavy atom. The Morgan fingerprint density at radius 3 is 1.88 bits per heavy atom. The van der Waals surface area contributed by atoms with E-state index in [-0.39, 0.29) is 4.90 Å². The number of para-hydroxylation sites is 3. The van der Waals surface area contributed by atoms with Crippen LogP contribution in [-0.2, 0) is 10.0 Å². The molecule has 0 bridgehead atoms. The first-order chi connectivity index (χ1) is 21.1. The highest BCUT2D eigenvalue weighted by molar-refractivity contribution is 7.93. The van der Waals surface area contributed by atoms with Crippen molar-refractivity contribution in [1.29, 1.82) is 0 Å². The zero-order valence-electron chi connectivity index (χ0n) is 22.8. The second-order valence-corrected chi connectivity index (χ2v) is 12.6. The number of sulfonamides is 1. The largest absolute Gasteiger partial charge is 0.276 e. The number of hydrogen-bond donors (Lipinski definition) is 0. The number of aromatic nitrogens is 2. The quantitative estimate of drug-likeness (QED) is 0.194. The van der Waals surface area contributed by atoms with Crippen LogP contribution in [0.4, 0.5) is 11.6 Å². The lowest BCUT2D eigenvalue weighted by molar-refractivity contribution is 0.592. The van der Waals surface area contributed by atoms with Crippen LogP contribution in [0.15, 0.2) is 144 Å². The summed E-state index contributed by atoms with van der Waals surface area (Å²) in [7, 11) is -3.93. The van der Waals surface area contributed by atoms with Crippen LogP contribution in [0.3, 0.4) is 0 Å². The first-order valence-electron chi connectivity index (χ1n) is 14.2. The minimum absolute atomic E-state index is 0.250. The molecular weight excluding hydrogens is 550 g/mol. The molecule has 0 saturated carbocycles. The molecule has 0 radical (unpaired) electrons. The second kappa shape index (κ2) is 8.77. The van der Waals surface area contributed by atoms with Crippen LogP contribution in [0.2, 0.25) is 0 Å². The van der Waals surface area contributed by atoms with E-state index in [0.29, 0.717) is 17.3 Å². The molecule has 0 aliphatic carbocycles. The van der Waals surface area contributed by atoms with E-state index in [1.165, 1.54) is 36.6 Å². The van der Waals surface area contributed by atoms with Gasteiger partial charge in [0.15, 0.2) is 0 Å². The van der Waals surface area contributed by atoms with E-state index in [4.69, 9.17) is 4.98 Å². The van der Waals surface area contributed by atoms with E-state index in [0.717, 1.165) is 22.2 Å². The molecule has 0 unspecified atom stereocenters. The monoisotopic (exact) mass is 573 g/mol. The van der Waals surface area contributed by atoms with Crippen LogP contribution >= 0.6 is 0 Å². The molecule has 2 heterocycles. The molecule has 9 rings (SSSR count). The molecule has 0 saturated heterocycles. The smallest absolute Gasteiger partial charge is 0.273 e. The number of rotatable bonds is 2. The van der Waals surface area contributed by atoms with Crippen LogP contribution in [0.1, 0.15) is 0 Å². The molecular formula is C37H23N3O2S. The van der Waals surface area contributed by atoms with Gasteiger partial charge in [0.25, 0.3) is 10.0 Å². The van der Waals surface area contributed by atoms with Crippen molar-refractivity contribution in [1.82, 2.24) is 9.55 Å². The summed E-state index contributed by atoms with van der Waals surface area (Å²) in [5.74, 6) is 0.355. The van der Waals surface area contributed by atoms with Crippen molar-refractivity contribution >= 4 is 65.0 Å². The van der Waals surface area contributed by atoms with Gasteiger partial charge in [-0.25, -0.2) is 17.7 Å². The Labute approximate surface area is 247 Å². The van der Waals surface area contributed by atoms with E-state index in [1.807, 2.05) is 65.2 Å². The number of nitrogens with zero attached hydrogens (tertiary/aromatic N) is 3. The maximum atomic E-state index is 14.2. The van der Waals surface area contributed by atoms with Crippen molar-refractivity contribution in [3.05, 3.63) is 140 Å². The maximum Gasteiger partial charge on any atom is 0.273 e. The minimum Gasteiger partial charge on any atom is -0.276 e. The summed E-state index contributed by atoms with van der Waals surface area (Å²) in [6.07, 6.45) is 0. The second-order valence-electron chi connectivity index (χ2n) is 10.9. The molecule has 43 heavy (non-hydrogen) atoms. The fourth-order valence-electron chi connectivity index (χ4n) is 6.61. The maximum absolute atomic E-state index is 14.2. The van der Waals surface area contributed by atoms with Gasteiger partial charge in [-0.05, 0) is 85.9 Å². The lowest BCUT2D eigenvalue weighted by Gasteiger charge is -2.30. The Morgan fingerprint density at radius 2 is 1.12 bits per heavy atom. The Balaban J connectivity index is 1.27. The molecule has 1 aromatic heterocycles. The summed E-state index contributed by atoms with van der Waals surface area (Å²) >= 11 is 0. The van der Waals surface area contributed by atoms with Crippen molar-refractivity contribution in [2.24, 2.45) is 0 Å². The third-order valence-corrected chi connectivity index (χ3v) is 10.3. The van der Waals surface area contributed by atoms with Crippen molar-refractivity contribution in [3.8, 4) is 16.8 Å². The van der Waals surface area contributed by atoms with Crippen molar-refractivity contribution < 1.29 is 8.42 Å². The van der Waals surface area contributed by atoms with E-state index >= 15 is 0 Å². The molecule has 0 spiro atoms. The highest BCUT2D eigenvalue weighted by Crippen LogP contribution is 2.44. The molecule has 1 aliphatic rings. The highest BCUT2D eigenvalue weighted by atomic mass is 32.2. The number of imidazole rings is 1. The molecule has 0 amide bonds. The fraction of sp³-hybridized carbons (Fsp3) is 0. The summed E-state index contributed by atoms with van der Waals surface area (Å²) in [6, 6.07) is 46.1. The summed E-state index contributed by atoms with van der Waals surface area (Å²) in [5.41, 5.74) is 4.67. The topological polar surface area (TPSA) is 55.2 Å². The van der Waals surface area contributed by atoms with E-state index in [1.54, 1.807) is 12.1 Å². The van der Waals surface area contributed by atoms with Gasteiger partial charge in [0.1, 0.15) is 4.90 Å². The summed E-state index contributed by atoms with van der Waals surface area (Å²) < 4.78 is 31.7. The third-order valence-electron chi connectivity index (χ3n) is 8.51. The van der Waals surface area contributed by atoms with E-state index in [9.17, 15) is 8.42 Å². The van der Waals surface area contributed by atoms with Gasteiger partial charge >= 0.3 is 0 Å². The molecule has 5 nitrogen and oxygen atoms in total. The number of benzene rings is 7. The van der Waals surface area contributed by atoms with E-state index in [2.05, 4.69) is 66.7 Å². The fourth-order valence-corrected chi connectivity index (χ4v) is 8.21. The van der Waals surface area contributed by atoms with Gasteiger partial charge in [-0.1, -0.05) is 97.1 Å². The predicted octanol–water partition coefficient (Wildman–Crippen LogP) is 8.99. The van der Waals surface area contributed by atoms with Gasteiger partial charge in [-0.3, -0.25) is 4.57 Å². The van der Waals surface area contributed by atoms with Gasteiger partial charge in [-0.2, -0.15) is 0 Å². The normalized spacial score (nSPS) is 13.9. The third kappa shape index (κ3) is 3.38. The summed E-state index contributed by atoms with van der Waals surface area (Å²) in [6.45, 7) is 0. The van der Waals surface area contributed by atoms with Crippen LogP contribution in [0.25, 0.3) is 60.2 Å². The van der Waals surface area contributed by atoms with Crippen molar-refractivity contribution in [2.45, 2.75) is 4.90 Å². The summed E-state index contributed by atoms with van der Waals surface area (Å²) in [5, 5.41) is 7.22. The number of anilines is 2. The van der Waals surface area contributed by atoms with Crippen molar-refractivity contribution in [2.75, 3.05) is 4.31 Å². The predicted molar refractivity (Wildman–Crippen MR) is 175 cm³/mol. The molecule has 8 aromatic rings. The van der Waals surface area contributed by atoms with Gasteiger partial charge in [0.05, 0.1) is 22.4 Å². The minimum atomic E-state index is -3.93. The van der Waals surface area contributed by atoms with Crippen LogP contribution in [-0.4, -0.2) is 18.0 Å². The number of hydrogen-bond acceptors (Lipinski definition) is 3. The van der Waals surface area contributed by atoms with Gasteiger partial charge in [-0.15, -0.1) is 0 Å². The SMILES string of the molecule is O=S1(=O)c2ccccc2-n2c(nc3ccccc32)N1c1cccc(-c2ccc3c4ccccc4c4ccccc4c3c2)c1. The molecule has 6 heteroatoms. The average Bonchev–Trinajstić information content (AvgIpc) is 3.44. The van der Waals surface area contributed by atoms with Gasteiger partial charge in [0, 0.05) is 0 Å². The first kappa shape index (κ1) is 24.2. The van der Waals surface area contributed by atoms with Gasteiger partial charge < -0.3 is 0 Å². The average molecular weight is 574 g/mol. The van der Waals surface area contributed by atoms with Crippen LogP contribution in [0, 0.1) is 0 Å². The lowest BCUT2D eigenvalue weighted by atomic mass is 9.92. The highest BCUT2D eigenvalue weighted by Gasteiger charge is 2.38. The molecule has 0 fully saturated rings. The Hall–Kier alpha value is -5.46. The lowest BCUT2D eigenvalue weighted by Crippen LogP contribution is -2.33. The first-order valence-corrected chi connectivity index (χ1v) is 15.6. The van der Waals surface area contributed by atoms with E-state index < -0.39 is 10.0 Å². The van der Waals surface area contributed by atoms with Crippen LogP contribution in [0.5, 0.6) is 0 Å². The summed E-state index contributed by atoms with van der Waals surface area (Å²) in [4.78, 5) is 5.07. The Kier molecular flexibility index (Phi) is 4.93. The molecule has 0 N–H and O–H groups in total. The van der Waals surface area contributed by atoms with Crippen molar-refractivity contribution in [3.63, 3.8) is 0 Å². The standard InChI is InChI=1S/C37H23N3O2S/c41-43(42)36-19-8-7-18-35(36)39-34-17-6-5-16-33(34)38-37(39)40(43)26-11-9-10-24(22-26)25-20-21-31-29-14-2-1-12-27(29)28-13-3-4-15-30(28)32(31)23-25/h1-23H.